The van der Waals surface area contributed by atoms with Gasteiger partial charge in [-0.1, -0.05) is 90.5 Å². The Morgan fingerprint density at radius 1 is 0.891 bits per heavy atom. The van der Waals surface area contributed by atoms with Crippen molar-refractivity contribution < 1.29 is 9.59 Å². The van der Waals surface area contributed by atoms with Gasteiger partial charge in [0.15, 0.2) is 0 Å². The molecule has 1 heterocycles. The van der Waals surface area contributed by atoms with Crippen LogP contribution < -0.4 is 11.1 Å². The van der Waals surface area contributed by atoms with E-state index in [0.717, 1.165) is 54.7 Å². The fourth-order valence-corrected chi connectivity index (χ4v) is 6.40. The van der Waals surface area contributed by atoms with E-state index in [9.17, 15) is 9.59 Å². The van der Waals surface area contributed by atoms with Crippen LogP contribution in [0.15, 0.2) is 103 Å². The van der Waals surface area contributed by atoms with Gasteiger partial charge in [0.25, 0.3) is 5.91 Å². The molecule has 6 nitrogen and oxygen atoms in total. The molecule has 5 rings (SSSR count). The van der Waals surface area contributed by atoms with Crippen LogP contribution in [-0.4, -0.2) is 53.8 Å². The predicted molar refractivity (Wildman–Crippen MR) is 193 cm³/mol. The van der Waals surface area contributed by atoms with Crippen molar-refractivity contribution in [3.63, 3.8) is 0 Å². The minimum Gasteiger partial charge on any atom is -0.351 e. The van der Waals surface area contributed by atoms with Crippen LogP contribution in [0.25, 0.3) is 11.1 Å². The summed E-state index contributed by atoms with van der Waals surface area (Å²) in [5.74, 6) is -0.0571. The van der Waals surface area contributed by atoms with Crippen LogP contribution >= 0.6 is 36.4 Å². The van der Waals surface area contributed by atoms with Crippen LogP contribution in [0, 0.1) is 0 Å². The lowest BCUT2D eigenvalue weighted by Crippen LogP contribution is -2.48. The minimum atomic E-state index is -0.162. The summed E-state index contributed by atoms with van der Waals surface area (Å²) in [4.78, 5) is 31.6. The molecule has 0 bridgehead atoms. The molecule has 4 aromatic carbocycles. The number of nitrogens with zero attached hydrogens (tertiary/aromatic N) is 2. The van der Waals surface area contributed by atoms with E-state index < -0.39 is 0 Å². The van der Waals surface area contributed by atoms with Crippen LogP contribution in [0.3, 0.4) is 0 Å². The standard InChI is InChI=1S/C37H41ClN4O2.2ClH/c1-27(30-12-8-13-31(25-30)34-15-5-6-16-35(34)37(44)40-20-19-39)42(36(43)24-29-11-7-14-32(38)23-29)33-17-21-41(22-18-33)26-28-9-3-2-4-10-28;;/h2-16,23,25,27,33H,17-22,24,26,39H2,1H3,(H,40,44);2*1H. The number of hydrogen-bond acceptors (Lipinski definition) is 4. The number of carbonyl (C=O) groups is 2. The molecule has 1 fully saturated rings. The van der Waals surface area contributed by atoms with Gasteiger partial charge in [0, 0.05) is 49.4 Å². The number of rotatable bonds is 11. The summed E-state index contributed by atoms with van der Waals surface area (Å²) in [5.41, 5.74) is 11.3. The van der Waals surface area contributed by atoms with Gasteiger partial charge < -0.3 is 16.0 Å². The fourth-order valence-electron chi connectivity index (χ4n) is 6.19. The number of amides is 2. The molecule has 244 valence electrons. The third-order valence-corrected chi connectivity index (χ3v) is 8.67. The van der Waals surface area contributed by atoms with Crippen LogP contribution in [0.2, 0.25) is 5.02 Å². The maximum Gasteiger partial charge on any atom is 0.251 e. The van der Waals surface area contributed by atoms with Gasteiger partial charge in [-0.2, -0.15) is 0 Å². The number of piperidine rings is 1. The zero-order valence-electron chi connectivity index (χ0n) is 26.1. The maximum absolute atomic E-state index is 14.1. The zero-order valence-corrected chi connectivity index (χ0v) is 28.5. The van der Waals surface area contributed by atoms with Gasteiger partial charge in [0.1, 0.15) is 0 Å². The smallest absolute Gasteiger partial charge is 0.251 e. The molecule has 3 N–H and O–H groups in total. The molecule has 46 heavy (non-hydrogen) atoms. The fraction of sp³-hybridized carbons (Fsp3) is 0.297. The molecule has 0 aliphatic carbocycles. The van der Waals surface area contributed by atoms with Crippen LogP contribution in [0.5, 0.6) is 0 Å². The molecule has 0 radical (unpaired) electrons. The second-order valence-electron chi connectivity index (χ2n) is 11.5. The number of likely N-dealkylation sites (tertiary alicyclic amines) is 1. The molecule has 1 atom stereocenters. The highest BCUT2D eigenvalue weighted by Crippen LogP contribution is 2.32. The van der Waals surface area contributed by atoms with Crippen LogP contribution in [0.4, 0.5) is 0 Å². The van der Waals surface area contributed by atoms with Gasteiger partial charge in [0.05, 0.1) is 12.5 Å². The Labute approximate surface area is 290 Å². The van der Waals surface area contributed by atoms with Crippen molar-refractivity contribution >= 4 is 48.2 Å². The Morgan fingerprint density at radius 2 is 1.57 bits per heavy atom. The largest absolute Gasteiger partial charge is 0.351 e. The average Bonchev–Trinajstić information content (AvgIpc) is 3.05. The normalized spacial score (nSPS) is 14.0. The number of nitrogens with one attached hydrogen (secondary N) is 1. The molecular formula is C37H43Cl3N4O2. The monoisotopic (exact) mass is 680 g/mol. The van der Waals surface area contributed by atoms with E-state index in [0.29, 0.717) is 30.1 Å². The van der Waals surface area contributed by atoms with Crippen LogP contribution in [-0.2, 0) is 17.8 Å². The van der Waals surface area contributed by atoms with Crippen molar-refractivity contribution in [3.8, 4) is 11.1 Å². The lowest BCUT2D eigenvalue weighted by molar-refractivity contribution is -0.136. The second kappa shape index (κ2) is 18.1. The number of halogens is 3. The Morgan fingerprint density at radius 3 is 2.28 bits per heavy atom. The van der Waals surface area contributed by atoms with Gasteiger partial charge in [-0.25, -0.2) is 0 Å². The van der Waals surface area contributed by atoms with Gasteiger partial charge in [-0.05, 0) is 71.8 Å². The molecule has 1 aliphatic rings. The summed E-state index contributed by atoms with van der Waals surface area (Å²) >= 11 is 6.27. The van der Waals surface area contributed by atoms with E-state index >= 15 is 0 Å². The summed E-state index contributed by atoms with van der Waals surface area (Å²) in [7, 11) is 0. The van der Waals surface area contributed by atoms with E-state index in [1.165, 1.54) is 5.56 Å². The number of nitrogens with two attached hydrogens (primary N) is 1. The summed E-state index contributed by atoms with van der Waals surface area (Å²) in [6, 6.07) is 33.9. The van der Waals surface area contributed by atoms with E-state index in [2.05, 4.69) is 58.4 Å². The Balaban J connectivity index is 0.00000288. The molecule has 9 heteroatoms. The van der Waals surface area contributed by atoms with E-state index in [1.54, 1.807) is 0 Å². The van der Waals surface area contributed by atoms with Crippen molar-refractivity contribution in [1.82, 2.24) is 15.1 Å². The first-order chi connectivity index (χ1) is 21.4. The first-order valence-corrected chi connectivity index (χ1v) is 15.8. The summed E-state index contributed by atoms with van der Waals surface area (Å²) < 4.78 is 0. The molecule has 4 aromatic rings. The Hall–Kier alpha value is -3.39. The minimum absolute atomic E-state index is 0. The van der Waals surface area contributed by atoms with Crippen molar-refractivity contribution in [3.05, 3.63) is 130 Å². The van der Waals surface area contributed by atoms with Gasteiger partial charge >= 0.3 is 0 Å². The lowest BCUT2D eigenvalue weighted by Gasteiger charge is -2.42. The molecule has 1 saturated heterocycles. The molecule has 0 aromatic heterocycles. The van der Waals surface area contributed by atoms with Gasteiger partial charge in [0.2, 0.25) is 5.91 Å². The topological polar surface area (TPSA) is 78.7 Å². The highest BCUT2D eigenvalue weighted by Gasteiger charge is 2.32. The van der Waals surface area contributed by atoms with Crippen molar-refractivity contribution in [2.24, 2.45) is 5.73 Å². The summed E-state index contributed by atoms with van der Waals surface area (Å²) in [5, 5.41) is 3.52. The van der Waals surface area contributed by atoms with Crippen LogP contribution in [0.1, 0.15) is 52.9 Å². The second-order valence-corrected chi connectivity index (χ2v) is 11.9. The Kier molecular flexibility index (Phi) is 14.6. The highest BCUT2D eigenvalue weighted by molar-refractivity contribution is 6.30. The van der Waals surface area contributed by atoms with E-state index in [1.807, 2.05) is 66.7 Å². The summed E-state index contributed by atoms with van der Waals surface area (Å²) in [6.45, 7) is 5.69. The molecule has 0 spiro atoms. The lowest BCUT2D eigenvalue weighted by atomic mass is 9.93. The van der Waals surface area contributed by atoms with E-state index in [-0.39, 0.29) is 48.7 Å². The number of carbonyl (C=O) groups excluding carboxylic acids is 2. The van der Waals surface area contributed by atoms with Crippen molar-refractivity contribution in [2.75, 3.05) is 26.2 Å². The molecule has 1 unspecified atom stereocenters. The number of benzene rings is 4. The SMILES string of the molecule is CC(c1cccc(-c2ccccc2C(=O)NCCN)c1)N(C(=O)Cc1cccc(Cl)c1)C1CCN(Cc2ccccc2)CC1.Cl.Cl. The Bertz CT molecular complexity index is 1560. The molecule has 1 aliphatic heterocycles. The number of hydrogen-bond donors (Lipinski definition) is 2. The zero-order chi connectivity index (χ0) is 30.9. The molecule has 0 saturated carbocycles. The quantitative estimate of drug-likeness (QED) is 0.174. The first-order valence-electron chi connectivity index (χ1n) is 15.4. The summed E-state index contributed by atoms with van der Waals surface area (Å²) in [6.07, 6.45) is 2.10. The van der Waals surface area contributed by atoms with Gasteiger partial charge in [-0.3, -0.25) is 14.5 Å². The first kappa shape index (κ1) is 37.1. The predicted octanol–water partition coefficient (Wildman–Crippen LogP) is 7.34. The third-order valence-electron chi connectivity index (χ3n) is 8.43. The molecular weight excluding hydrogens is 639 g/mol. The van der Waals surface area contributed by atoms with Crippen molar-refractivity contribution in [1.29, 1.82) is 0 Å². The van der Waals surface area contributed by atoms with Crippen molar-refractivity contribution in [2.45, 2.75) is 44.8 Å². The average molecular weight is 682 g/mol. The molecule has 2 amide bonds. The third kappa shape index (κ3) is 9.57. The highest BCUT2D eigenvalue weighted by atomic mass is 35.5. The van der Waals surface area contributed by atoms with Gasteiger partial charge in [-0.15, -0.1) is 24.8 Å². The van der Waals surface area contributed by atoms with E-state index in [4.69, 9.17) is 17.3 Å². The maximum atomic E-state index is 14.1.